The monoisotopic (exact) mass is 395 g/mol. The van der Waals surface area contributed by atoms with E-state index in [0.29, 0.717) is 25.1 Å². The predicted octanol–water partition coefficient (Wildman–Crippen LogP) is 2.71. The number of hydrogen-bond donors (Lipinski definition) is 2. The first-order chi connectivity index (χ1) is 13.4. The first-order valence-corrected chi connectivity index (χ1v) is 11.3. The van der Waals surface area contributed by atoms with Crippen LogP contribution in [0.15, 0.2) is 0 Å². The first-order valence-electron chi connectivity index (χ1n) is 11.3. The maximum absolute atomic E-state index is 12.7. The van der Waals surface area contributed by atoms with Crippen LogP contribution >= 0.6 is 0 Å². The lowest BCUT2D eigenvalue weighted by Gasteiger charge is -2.36. The molecule has 1 aliphatic heterocycles. The molecule has 2 N–H and O–H groups in total. The molecule has 162 valence electrons. The van der Waals surface area contributed by atoms with Crippen LogP contribution in [0, 0.1) is 11.8 Å². The van der Waals surface area contributed by atoms with Gasteiger partial charge in [-0.05, 0) is 71.9 Å². The SMILES string of the molecule is CC(C)OCCCNC(=O)C1CCN(C(C)C(=O)NC2CCCCC2C)CC1. The molecule has 1 saturated heterocycles. The summed E-state index contributed by atoms with van der Waals surface area (Å²) in [5.74, 6) is 0.935. The summed E-state index contributed by atoms with van der Waals surface area (Å²) in [5, 5.41) is 6.31. The van der Waals surface area contributed by atoms with Crippen LogP contribution < -0.4 is 10.6 Å². The molecular weight excluding hydrogens is 354 g/mol. The van der Waals surface area contributed by atoms with Gasteiger partial charge in [-0.3, -0.25) is 14.5 Å². The summed E-state index contributed by atoms with van der Waals surface area (Å²) in [6, 6.07) is 0.206. The van der Waals surface area contributed by atoms with Gasteiger partial charge in [0.15, 0.2) is 0 Å². The Bertz CT molecular complexity index is 489. The van der Waals surface area contributed by atoms with Crippen molar-refractivity contribution in [2.24, 2.45) is 11.8 Å². The Morgan fingerprint density at radius 1 is 1.07 bits per heavy atom. The minimum absolute atomic E-state index is 0.0656. The zero-order valence-electron chi connectivity index (χ0n) is 18.3. The Hall–Kier alpha value is -1.14. The molecule has 6 nitrogen and oxygen atoms in total. The van der Waals surface area contributed by atoms with E-state index >= 15 is 0 Å². The Labute approximate surface area is 171 Å². The molecule has 0 aromatic rings. The normalized spacial score (nSPS) is 25.5. The summed E-state index contributed by atoms with van der Waals surface area (Å²) in [4.78, 5) is 27.3. The van der Waals surface area contributed by atoms with Gasteiger partial charge in [0, 0.05) is 25.1 Å². The second kappa shape index (κ2) is 11.8. The number of ether oxygens (including phenoxy) is 1. The van der Waals surface area contributed by atoms with Gasteiger partial charge < -0.3 is 15.4 Å². The predicted molar refractivity (Wildman–Crippen MR) is 112 cm³/mol. The fourth-order valence-electron chi connectivity index (χ4n) is 4.30. The quantitative estimate of drug-likeness (QED) is 0.589. The second-order valence-electron chi connectivity index (χ2n) is 8.93. The fourth-order valence-corrected chi connectivity index (χ4v) is 4.30. The largest absolute Gasteiger partial charge is 0.379 e. The molecule has 2 rings (SSSR count). The van der Waals surface area contributed by atoms with Gasteiger partial charge in [0.1, 0.15) is 0 Å². The van der Waals surface area contributed by atoms with Gasteiger partial charge in [-0.15, -0.1) is 0 Å². The van der Waals surface area contributed by atoms with E-state index in [1.54, 1.807) is 0 Å². The Kier molecular flexibility index (Phi) is 9.72. The molecule has 1 heterocycles. The summed E-state index contributed by atoms with van der Waals surface area (Å²) >= 11 is 0. The summed E-state index contributed by atoms with van der Waals surface area (Å²) in [7, 11) is 0. The van der Waals surface area contributed by atoms with Gasteiger partial charge >= 0.3 is 0 Å². The van der Waals surface area contributed by atoms with E-state index in [9.17, 15) is 9.59 Å². The second-order valence-corrected chi connectivity index (χ2v) is 8.93. The van der Waals surface area contributed by atoms with Gasteiger partial charge in [-0.25, -0.2) is 0 Å². The zero-order valence-corrected chi connectivity index (χ0v) is 18.3. The Balaban J connectivity index is 1.66. The highest BCUT2D eigenvalue weighted by Crippen LogP contribution is 2.24. The van der Waals surface area contributed by atoms with E-state index in [4.69, 9.17) is 4.74 Å². The van der Waals surface area contributed by atoms with Crippen molar-refractivity contribution in [2.45, 2.75) is 90.8 Å². The molecule has 2 fully saturated rings. The lowest BCUT2D eigenvalue weighted by molar-refractivity contribution is -0.129. The standard InChI is InChI=1S/C22H41N3O3/c1-16(2)28-15-7-12-23-22(27)19-10-13-25(14-11-19)18(4)21(26)24-20-9-6-5-8-17(20)3/h16-20H,5-15H2,1-4H3,(H,23,27)(H,24,26). The third kappa shape index (κ3) is 7.36. The van der Waals surface area contributed by atoms with Crippen molar-refractivity contribution in [2.75, 3.05) is 26.2 Å². The molecule has 0 radical (unpaired) electrons. The molecule has 28 heavy (non-hydrogen) atoms. The summed E-state index contributed by atoms with van der Waals surface area (Å²) in [6.45, 7) is 11.2. The molecule has 2 aliphatic rings. The smallest absolute Gasteiger partial charge is 0.237 e. The van der Waals surface area contributed by atoms with E-state index in [-0.39, 0.29) is 29.9 Å². The van der Waals surface area contributed by atoms with Crippen molar-refractivity contribution in [1.29, 1.82) is 0 Å². The molecule has 3 unspecified atom stereocenters. The summed E-state index contributed by atoms with van der Waals surface area (Å²) < 4.78 is 5.50. The van der Waals surface area contributed by atoms with Crippen LogP contribution in [0.25, 0.3) is 0 Å². The Morgan fingerprint density at radius 3 is 2.39 bits per heavy atom. The van der Waals surface area contributed by atoms with Gasteiger partial charge in [-0.2, -0.15) is 0 Å². The van der Waals surface area contributed by atoms with E-state index in [2.05, 4.69) is 22.5 Å². The zero-order chi connectivity index (χ0) is 20.5. The molecule has 0 spiro atoms. The average Bonchev–Trinajstić information content (AvgIpc) is 2.68. The number of carbonyl (C=O) groups is 2. The van der Waals surface area contributed by atoms with Gasteiger partial charge in [0.2, 0.25) is 11.8 Å². The highest BCUT2D eigenvalue weighted by Gasteiger charge is 2.31. The topological polar surface area (TPSA) is 70.7 Å². The summed E-state index contributed by atoms with van der Waals surface area (Å²) in [5.41, 5.74) is 0. The van der Waals surface area contributed by atoms with E-state index in [1.165, 1.54) is 19.3 Å². The number of hydrogen-bond acceptors (Lipinski definition) is 4. The lowest BCUT2D eigenvalue weighted by atomic mass is 9.86. The van der Waals surface area contributed by atoms with Crippen LogP contribution in [0.1, 0.15) is 72.6 Å². The highest BCUT2D eigenvalue weighted by molar-refractivity contribution is 5.82. The number of rotatable bonds is 9. The van der Waals surface area contributed by atoms with E-state index < -0.39 is 0 Å². The average molecular weight is 396 g/mol. The van der Waals surface area contributed by atoms with Crippen molar-refractivity contribution in [3.8, 4) is 0 Å². The van der Waals surface area contributed by atoms with Crippen LogP contribution in [0.5, 0.6) is 0 Å². The molecular formula is C22H41N3O3. The molecule has 6 heteroatoms. The van der Waals surface area contributed by atoms with Gasteiger partial charge in [-0.1, -0.05) is 19.8 Å². The molecule has 3 atom stereocenters. The number of likely N-dealkylation sites (tertiary alicyclic amines) is 1. The number of carbonyl (C=O) groups excluding carboxylic acids is 2. The molecule has 0 aromatic carbocycles. The molecule has 1 saturated carbocycles. The van der Waals surface area contributed by atoms with Crippen molar-refractivity contribution >= 4 is 11.8 Å². The number of nitrogens with zero attached hydrogens (tertiary/aromatic N) is 1. The lowest BCUT2D eigenvalue weighted by Crippen LogP contribution is -2.53. The van der Waals surface area contributed by atoms with Crippen molar-refractivity contribution in [1.82, 2.24) is 15.5 Å². The van der Waals surface area contributed by atoms with E-state index in [0.717, 1.165) is 38.8 Å². The fraction of sp³-hybridized carbons (Fsp3) is 0.909. The van der Waals surface area contributed by atoms with Crippen molar-refractivity contribution in [3.05, 3.63) is 0 Å². The van der Waals surface area contributed by atoms with Crippen LogP contribution in [0.2, 0.25) is 0 Å². The van der Waals surface area contributed by atoms with Gasteiger partial charge in [0.25, 0.3) is 0 Å². The van der Waals surface area contributed by atoms with Gasteiger partial charge in [0.05, 0.1) is 12.1 Å². The number of nitrogens with one attached hydrogen (secondary N) is 2. The maximum Gasteiger partial charge on any atom is 0.237 e. The van der Waals surface area contributed by atoms with Crippen molar-refractivity contribution < 1.29 is 14.3 Å². The van der Waals surface area contributed by atoms with Crippen molar-refractivity contribution in [3.63, 3.8) is 0 Å². The van der Waals surface area contributed by atoms with Crippen LogP contribution in [0.3, 0.4) is 0 Å². The summed E-state index contributed by atoms with van der Waals surface area (Å²) in [6.07, 6.45) is 7.54. The molecule has 0 bridgehead atoms. The van der Waals surface area contributed by atoms with E-state index in [1.807, 2.05) is 20.8 Å². The molecule has 2 amide bonds. The third-order valence-electron chi connectivity index (χ3n) is 6.34. The van der Waals surface area contributed by atoms with Crippen LogP contribution in [-0.4, -0.2) is 61.1 Å². The van der Waals surface area contributed by atoms with Crippen LogP contribution in [0.4, 0.5) is 0 Å². The Morgan fingerprint density at radius 2 is 1.75 bits per heavy atom. The minimum atomic E-state index is -0.119. The maximum atomic E-state index is 12.7. The van der Waals surface area contributed by atoms with Crippen LogP contribution in [-0.2, 0) is 14.3 Å². The molecule has 1 aliphatic carbocycles. The number of amides is 2. The highest BCUT2D eigenvalue weighted by atomic mass is 16.5. The number of piperidine rings is 1. The minimum Gasteiger partial charge on any atom is -0.379 e. The third-order valence-corrected chi connectivity index (χ3v) is 6.34. The first kappa shape index (κ1) is 23.1. The molecule has 0 aromatic heterocycles.